The Bertz CT molecular complexity index is 189. The Kier molecular flexibility index (Phi) is 8.43. The first-order valence-corrected chi connectivity index (χ1v) is 4.66. The number of halogens is 2. The number of rotatable bonds is 1. The Morgan fingerprint density at radius 2 is 1.87 bits per heavy atom. The molecular formula is C9H20Cl2N2O2. The minimum atomic E-state index is -0.393. The van der Waals surface area contributed by atoms with E-state index in [1.165, 1.54) is 0 Å². The molecule has 15 heavy (non-hydrogen) atoms. The summed E-state index contributed by atoms with van der Waals surface area (Å²) in [5, 5.41) is 6.24. The van der Waals surface area contributed by atoms with E-state index in [-0.39, 0.29) is 36.8 Å². The molecule has 0 amide bonds. The second-order valence-electron chi connectivity index (χ2n) is 4.24. The van der Waals surface area contributed by atoms with E-state index >= 15 is 0 Å². The van der Waals surface area contributed by atoms with E-state index in [1.54, 1.807) is 0 Å². The van der Waals surface area contributed by atoms with E-state index in [2.05, 4.69) is 10.6 Å². The predicted octanol–water partition coefficient (Wildman–Crippen LogP) is 0.733. The molecule has 0 spiro atoms. The Hall–Kier alpha value is -0.0300. The molecule has 1 rings (SSSR count). The second-order valence-corrected chi connectivity index (χ2v) is 4.24. The fraction of sp³-hybridized carbons (Fsp3) is 0.889. The molecule has 1 atom stereocenters. The normalized spacial score (nSPS) is 20.9. The van der Waals surface area contributed by atoms with Gasteiger partial charge in [-0.2, -0.15) is 0 Å². The minimum absolute atomic E-state index is 0. The number of hydrogen-bond acceptors (Lipinski definition) is 4. The number of piperazine rings is 1. The van der Waals surface area contributed by atoms with Crippen LogP contribution < -0.4 is 10.6 Å². The molecule has 0 aliphatic carbocycles. The number of nitrogens with one attached hydrogen (secondary N) is 2. The third-order valence-corrected chi connectivity index (χ3v) is 1.73. The molecule has 0 bridgehead atoms. The Labute approximate surface area is 103 Å². The molecule has 0 saturated carbocycles. The van der Waals surface area contributed by atoms with Gasteiger partial charge in [-0.05, 0) is 20.8 Å². The Morgan fingerprint density at radius 3 is 2.27 bits per heavy atom. The van der Waals surface area contributed by atoms with Crippen molar-refractivity contribution in [2.45, 2.75) is 32.4 Å². The van der Waals surface area contributed by atoms with Gasteiger partial charge >= 0.3 is 5.97 Å². The van der Waals surface area contributed by atoms with Gasteiger partial charge < -0.3 is 15.4 Å². The van der Waals surface area contributed by atoms with Crippen molar-refractivity contribution in [3.05, 3.63) is 0 Å². The fourth-order valence-electron chi connectivity index (χ4n) is 1.19. The third kappa shape index (κ3) is 6.95. The summed E-state index contributed by atoms with van der Waals surface area (Å²) < 4.78 is 5.24. The third-order valence-electron chi connectivity index (χ3n) is 1.73. The standard InChI is InChI=1S/C9H18N2O2.2ClH/c1-9(2,3)13-8(12)7-6-10-4-5-11-7;;/h7,10-11H,4-6H2,1-3H3;2*1H. The molecule has 1 aliphatic rings. The first-order chi connectivity index (χ1) is 5.99. The van der Waals surface area contributed by atoms with E-state index in [4.69, 9.17) is 4.74 Å². The summed E-state index contributed by atoms with van der Waals surface area (Å²) >= 11 is 0. The van der Waals surface area contributed by atoms with E-state index < -0.39 is 5.60 Å². The summed E-state index contributed by atoms with van der Waals surface area (Å²) in [4.78, 5) is 11.5. The van der Waals surface area contributed by atoms with Crippen LogP contribution in [0.15, 0.2) is 0 Å². The molecule has 1 heterocycles. The summed E-state index contributed by atoms with van der Waals surface area (Å²) in [5.74, 6) is -0.167. The summed E-state index contributed by atoms with van der Waals surface area (Å²) in [7, 11) is 0. The minimum Gasteiger partial charge on any atom is -0.459 e. The van der Waals surface area contributed by atoms with Gasteiger partial charge in [0.05, 0.1) is 0 Å². The van der Waals surface area contributed by atoms with Crippen LogP contribution in [0.1, 0.15) is 20.8 Å². The van der Waals surface area contributed by atoms with Crippen molar-refractivity contribution in [3.8, 4) is 0 Å². The maximum absolute atomic E-state index is 11.5. The van der Waals surface area contributed by atoms with E-state index in [1.807, 2.05) is 20.8 Å². The van der Waals surface area contributed by atoms with Crippen molar-refractivity contribution < 1.29 is 9.53 Å². The van der Waals surface area contributed by atoms with E-state index in [0.717, 1.165) is 13.1 Å². The Balaban J connectivity index is 0. The average Bonchev–Trinajstić information content (AvgIpc) is 2.03. The van der Waals surface area contributed by atoms with Crippen molar-refractivity contribution in [1.82, 2.24) is 10.6 Å². The van der Waals surface area contributed by atoms with Crippen LogP contribution in [0.5, 0.6) is 0 Å². The summed E-state index contributed by atoms with van der Waals surface area (Å²) in [5.41, 5.74) is -0.393. The number of hydrogen-bond donors (Lipinski definition) is 2. The van der Waals surface area contributed by atoms with Gasteiger partial charge in [-0.3, -0.25) is 4.79 Å². The van der Waals surface area contributed by atoms with Crippen LogP contribution in [0.2, 0.25) is 0 Å². The molecule has 1 aliphatic heterocycles. The van der Waals surface area contributed by atoms with Crippen LogP contribution in [0.4, 0.5) is 0 Å². The quantitative estimate of drug-likeness (QED) is 0.682. The largest absolute Gasteiger partial charge is 0.459 e. The molecule has 1 saturated heterocycles. The van der Waals surface area contributed by atoms with Gasteiger partial charge in [0.25, 0.3) is 0 Å². The molecule has 4 nitrogen and oxygen atoms in total. The molecule has 0 aromatic heterocycles. The van der Waals surface area contributed by atoms with Gasteiger partial charge in [0.15, 0.2) is 0 Å². The maximum Gasteiger partial charge on any atom is 0.324 e. The highest BCUT2D eigenvalue weighted by atomic mass is 35.5. The van der Waals surface area contributed by atoms with Crippen LogP contribution in [-0.4, -0.2) is 37.2 Å². The molecule has 2 N–H and O–H groups in total. The molecule has 1 unspecified atom stereocenters. The van der Waals surface area contributed by atoms with Crippen LogP contribution in [0, 0.1) is 0 Å². The van der Waals surface area contributed by atoms with E-state index in [9.17, 15) is 4.79 Å². The van der Waals surface area contributed by atoms with Gasteiger partial charge in [-0.25, -0.2) is 0 Å². The molecular weight excluding hydrogens is 239 g/mol. The zero-order chi connectivity index (χ0) is 9.90. The fourth-order valence-corrected chi connectivity index (χ4v) is 1.19. The van der Waals surface area contributed by atoms with Gasteiger partial charge in [-0.1, -0.05) is 0 Å². The number of carbonyl (C=O) groups excluding carboxylic acids is 1. The summed E-state index contributed by atoms with van der Waals surface area (Å²) in [6.07, 6.45) is 0. The van der Waals surface area contributed by atoms with Crippen LogP contribution in [0.3, 0.4) is 0 Å². The highest BCUT2D eigenvalue weighted by Gasteiger charge is 2.25. The van der Waals surface area contributed by atoms with Crippen molar-refractivity contribution in [1.29, 1.82) is 0 Å². The molecule has 1 fully saturated rings. The molecule has 6 heteroatoms. The smallest absolute Gasteiger partial charge is 0.324 e. The van der Waals surface area contributed by atoms with Crippen molar-refractivity contribution >= 4 is 30.8 Å². The molecule has 0 aromatic rings. The monoisotopic (exact) mass is 258 g/mol. The highest BCUT2D eigenvalue weighted by Crippen LogP contribution is 2.08. The van der Waals surface area contributed by atoms with Gasteiger partial charge in [0.2, 0.25) is 0 Å². The summed E-state index contributed by atoms with van der Waals surface area (Å²) in [6, 6.07) is -0.187. The molecule has 0 aromatic carbocycles. The lowest BCUT2D eigenvalue weighted by Gasteiger charge is -2.27. The average molecular weight is 259 g/mol. The Morgan fingerprint density at radius 1 is 1.27 bits per heavy atom. The number of ether oxygens (including phenoxy) is 1. The lowest BCUT2D eigenvalue weighted by atomic mass is 10.2. The number of esters is 1. The predicted molar refractivity (Wildman–Crippen MR) is 65.0 cm³/mol. The first-order valence-electron chi connectivity index (χ1n) is 4.66. The van der Waals surface area contributed by atoms with Crippen molar-refractivity contribution in [3.63, 3.8) is 0 Å². The first kappa shape index (κ1) is 17.4. The highest BCUT2D eigenvalue weighted by molar-refractivity contribution is 5.85. The molecule has 0 radical (unpaired) electrons. The van der Waals surface area contributed by atoms with Crippen molar-refractivity contribution in [2.24, 2.45) is 0 Å². The summed E-state index contributed by atoms with van der Waals surface area (Å²) in [6.45, 7) is 8.03. The lowest BCUT2D eigenvalue weighted by Crippen LogP contribution is -2.53. The maximum atomic E-state index is 11.5. The zero-order valence-electron chi connectivity index (χ0n) is 9.33. The van der Waals surface area contributed by atoms with Crippen LogP contribution in [-0.2, 0) is 9.53 Å². The molecule has 92 valence electrons. The lowest BCUT2D eigenvalue weighted by molar-refractivity contribution is -0.157. The van der Waals surface area contributed by atoms with E-state index in [0.29, 0.717) is 6.54 Å². The van der Waals surface area contributed by atoms with Crippen LogP contribution in [0.25, 0.3) is 0 Å². The van der Waals surface area contributed by atoms with Gasteiger partial charge in [0, 0.05) is 19.6 Å². The van der Waals surface area contributed by atoms with Crippen LogP contribution >= 0.6 is 24.8 Å². The SMILES string of the molecule is CC(C)(C)OC(=O)C1CNCCN1.Cl.Cl. The second kappa shape index (κ2) is 7.28. The van der Waals surface area contributed by atoms with Gasteiger partial charge in [-0.15, -0.1) is 24.8 Å². The zero-order valence-corrected chi connectivity index (χ0v) is 11.0. The number of carbonyl (C=O) groups is 1. The van der Waals surface area contributed by atoms with Gasteiger partial charge in [0.1, 0.15) is 11.6 Å². The van der Waals surface area contributed by atoms with Crippen molar-refractivity contribution in [2.75, 3.05) is 19.6 Å². The topological polar surface area (TPSA) is 50.4 Å².